The van der Waals surface area contributed by atoms with E-state index in [2.05, 4.69) is 85.7 Å². The molecule has 0 unspecified atom stereocenters. The molecule has 0 aliphatic heterocycles. The molecule has 6 rings (SSSR count). The van der Waals surface area contributed by atoms with Gasteiger partial charge in [0.05, 0.1) is 16.6 Å². The van der Waals surface area contributed by atoms with Gasteiger partial charge in [0.2, 0.25) is 0 Å². The van der Waals surface area contributed by atoms with Gasteiger partial charge in [-0.15, -0.1) is 0 Å². The Kier molecular flexibility index (Phi) is 3.58. The Morgan fingerprint density at radius 2 is 1.26 bits per heavy atom. The Bertz CT molecular complexity index is 1680. The van der Waals surface area contributed by atoms with Crippen molar-refractivity contribution in [3.8, 4) is 16.9 Å². The molecule has 0 radical (unpaired) electrons. The van der Waals surface area contributed by atoms with Crippen LogP contribution in [0.2, 0.25) is 0 Å². The second-order valence-corrected chi connectivity index (χ2v) is 8.65. The van der Waals surface area contributed by atoms with Crippen LogP contribution in [0.4, 0.5) is 0 Å². The molecule has 0 saturated carbocycles. The zero-order chi connectivity index (χ0) is 21.4. The van der Waals surface area contributed by atoms with Crippen molar-refractivity contribution in [1.82, 2.24) is 9.13 Å². The first-order valence-electron chi connectivity index (χ1n) is 10.7. The van der Waals surface area contributed by atoms with E-state index in [9.17, 15) is 5.11 Å². The minimum absolute atomic E-state index is 0.353. The third kappa shape index (κ3) is 2.23. The van der Waals surface area contributed by atoms with E-state index < -0.39 is 0 Å². The lowest BCUT2D eigenvalue weighted by Crippen LogP contribution is -1.91. The summed E-state index contributed by atoms with van der Waals surface area (Å²) < 4.78 is 4.47. The van der Waals surface area contributed by atoms with Crippen molar-refractivity contribution in [2.24, 2.45) is 14.1 Å². The van der Waals surface area contributed by atoms with Crippen molar-refractivity contribution in [3.63, 3.8) is 0 Å². The lowest BCUT2D eigenvalue weighted by Gasteiger charge is -2.12. The summed E-state index contributed by atoms with van der Waals surface area (Å²) in [5, 5.41) is 17.1. The summed E-state index contributed by atoms with van der Waals surface area (Å²) in [6.45, 7) is 4.30. The number of fused-ring (bicyclic) bond motifs is 6. The summed E-state index contributed by atoms with van der Waals surface area (Å²) in [7, 11) is 4.22. The van der Waals surface area contributed by atoms with E-state index in [1.807, 2.05) is 18.2 Å². The summed E-state index contributed by atoms with van der Waals surface area (Å²) >= 11 is 0. The molecule has 0 aliphatic rings. The quantitative estimate of drug-likeness (QED) is 0.315. The van der Waals surface area contributed by atoms with Crippen LogP contribution < -0.4 is 0 Å². The van der Waals surface area contributed by atoms with Crippen molar-refractivity contribution < 1.29 is 5.11 Å². The standard InChI is InChI=1S/C28H24N2O/c1-16-9-7-13-19-22(15-29(3)25(16)19)24-23-21-14-8-10-17(2)26(21)30(4)27(23)18-11-5-6-12-20(18)28(24)31/h5-15,31H,1-4H3. The molecule has 2 heterocycles. The molecule has 0 amide bonds. The van der Waals surface area contributed by atoms with Crippen LogP contribution in [-0.2, 0) is 14.1 Å². The molecule has 152 valence electrons. The SMILES string of the molecule is Cc1cccc2c(-c3c(O)c4ccccc4c4c3c3cccc(C)c3n4C)cn(C)c12. The van der Waals surface area contributed by atoms with Gasteiger partial charge >= 0.3 is 0 Å². The minimum atomic E-state index is 0.353. The number of aryl methyl sites for hydroxylation is 4. The van der Waals surface area contributed by atoms with E-state index in [0.29, 0.717) is 5.75 Å². The topological polar surface area (TPSA) is 30.1 Å². The van der Waals surface area contributed by atoms with Crippen LogP contribution in [0.15, 0.2) is 66.9 Å². The van der Waals surface area contributed by atoms with Gasteiger partial charge in [-0.2, -0.15) is 0 Å². The second-order valence-electron chi connectivity index (χ2n) is 8.65. The first-order valence-corrected chi connectivity index (χ1v) is 10.7. The van der Waals surface area contributed by atoms with Crippen LogP contribution in [0, 0.1) is 13.8 Å². The predicted molar refractivity (Wildman–Crippen MR) is 131 cm³/mol. The molecular formula is C28H24N2O. The number of para-hydroxylation sites is 2. The number of benzene rings is 4. The Morgan fingerprint density at radius 3 is 2.00 bits per heavy atom. The molecule has 0 aliphatic carbocycles. The number of nitrogens with zero attached hydrogens (tertiary/aromatic N) is 2. The molecule has 0 bridgehead atoms. The maximum absolute atomic E-state index is 11.7. The van der Waals surface area contributed by atoms with Gasteiger partial charge in [-0.3, -0.25) is 0 Å². The predicted octanol–water partition coefficient (Wildman–Crippen LogP) is 6.97. The molecule has 3 nitrogen and oxygen atoms in total. The van der Waals surface area contributed by atoms with Gasteiger partial charge in [0, 0.05) is 58.4 Å². The van der Waals surface area contributed by atoms with Crippen molar-refractivity contribution in [2.75, 3.05) is 0 Å². The number of hydrogen-bond donors (Lipinski definition) is 1. The van der Waals surface area contributed by atoms with Crippen LogP contribution in [0.1, 0.15) is 11.1 Å². The highest BCUT2D eigenvalue weighted by atomic mass is 16.3. The van der Waals surface area contributed by atoms with Crippen LogP contribution in [0.5, 0.6) is 5.75 Å². The minimum Gasteiger partial charge on any atom is -0.507 e. The number of rotatable bonds is 1. The van der Waals surface area contributed by atoms with E-state index in [4.69, 9.17) is 0 Å². The smallest absolute Gasteiger partial charge is 0.132 e. The molecular weight excluding hydrogens is 380 g/mol. The zero-order valence-corrected chi connectivity index (χ0v) is 18.2. The molecule has 1 N–H and O–H groups in total. The lowest BCUT2D eigenvalue weighted by atomic mass is 9.93. The average Bonchev–Trinajstić information content (AvgIpc) is 3.25. The molecule has 0 spiro atoms. The second kappa shape index (κ2) is 6.14. The zero-order valence-electron chi connectivity index (χ0n) is 18.2. The van der Waals surface area contributed by atoms with Gasteiger partial charge in [-0.1, -0.05) is 60.7 Å². The van der Waals surface area contributed by atoms with Crippen LogP contribution in [0.3, 0.4) is 0 Å². The van der Waals surface area contributed by atoms with Crippen molar-refractivity contribution in [2.45, 2.75) is 13.8 Å². The molecule has 2 aromatic heterocycles. The molecule has 3 heteroatoms. The first kappa shape index (κ1) is 18.1. The van der Waals surface area contributed by atoms with E-state index in [0.717, 1.165) is 32.8 Å². The van der Waals surface area contributed by atoms with Crippen LogP contribution in [0.25, 0.3) is 54.6 Å². The number of phenols is 1. The summed E-state index contributed by atoms with van der Waals surface area (Å²) in [6.07, 6.45) is 2.16. The van der Waals surface area contributed by atoms with E-state index in [-0.39, 0.29) is 0 Å². The third-order valence-corrected chi connectivity index (χ3v) is 6.81. The van der Waals surface area contributed by atoms with Gasteiger partial charge in [-0.25, -0.2) is 0 Å². The summed E-state index contributed by atoms with van der Waals surface area (Å²) in [6, 6.07) is 21.0. The molecule has 31 heavy (non-hydrogen) atoms. The maximum Gasteiger partial charge on any atom is 0.132 e. The highest BCUT2D eigenvalue weighted by molar-refractivity contribution is 6.27. The molecule has 6 aromatic rings. The van der Waals surface area contributed by atoms with Crippen molar-refractivity contribution in [3.05, 3.63) is 78.0 Å². The highest BCUT2D eigenvalue weighted by Gasteiger charge is 2.24. The number of aromatic hydroxyl groups is 1. The fourth-order valence-corrected chi connectivity index (χ4v) is 5.56. The lowest BCUT2D eigenvalue weighted by molar-refractivity contribution is 0.484. The van der Waals surface area contributed by atoms with Gasteiger partial charge < -0.3 is 14.2 Å². The van der Waals surface area contributed by atoms with E-state index >= 15 is 0 Å². The van der Waals surface area contributed by atoms with E-state index in [1.165, 1.54) is 32.9 Å². The van der Waals surface area contributed by atoms with Gasteiger partial charge in [0.25, 0.3) is 0 Å². The average molecular weight is 405 g/mol. The third-order valence-electron chi connectivity index (χ3n) is 6.81. The van der Waals surface area contributed by atoms with Gasteiger partial charge in [0.1, 0.15) is 5.75 Å². The molecule has 0 atom stereocenters. The van der Waals surface area contributed by atoms with Gasteiger partial charge in [0.15, 0.2) is 0 Å². The summed E-state index contributed by atoms with van der Waals surface area (Å²) in [4.78, 5) is 0. The Morgan fingerprint density at radius 1 is 0.645 bits per heavy atom. The highest BCUT2D eigenvalue weighted by Crippen LogP contribution is 2.49. The monoisotopic (exact) mass is 404 g/mol. The summed E-state index contributed by atoms with van der Waals surface area (Å²) in [5.74, 6) is 0.353. The van der Waals surface area contributed by atoms with Crippen molar-refractivity contribution in [1.29, 1.82) is 0 Å². The molecule has 4 aromatic carbocycles. The molecule has 0 saturated heterocycles. The largest absolute Gasteiger partial charge is 0.507 e. The fraction of sp³-hybridized carbons (Fsp3) is 0.143. The van der Waals surface area contributed by atoms with Crippen LogP contribution >= 0.6 is 0 Å². The maximum atomic E-state index is 11.7. The number of aromatic nitrogens is 2. The van der Waals surface area contributed by atoms with Crippen LogP contribution in [-0.4, -0.2) is 14.2 Å². The van der Waals surface area contributed by atoms with Crippen molar-refractivity contribution >= 4 is 43.5 Å². The number of phenolic OH excluding ortho intramolecular Hbond substituents is 1. The van der Waals surface area contributed by atoms with E-state index in [1.54, 1.807) is 0 Å². The Labute approximate surface area is 180 Å². The fourth-order valence-electron chi connectivity index (χ4n) is 5.56. The first-order chi connectivity index (χ1) is 15.0. The normalized spacial score (nSPS) is 12.0. The van der Waals surface area contributed by atoms with Gasteiger partial charge in [-0.05, 0) is 25.0 Å². The molecule has 0 fully saturated rings. The number of hydrogen-bond acceptors (Lipinski definition) is 1. The Hall–Kier alpha value is -3.72. The summed E-state index contributed by atoms with van der Waals surface area (Å²) in [5.41, 5.74) is 8.04. The Balaban J connectivity index is 1.95.